The third kappa shape index (κ3) is 3.19. The second kappa shape index (κ2) is 3.93. The number of alkyl carbamates (subject to hydrolysis) is 1. The summed E-state index contributed by atoms with van der Waals surface area (Å²) in [4.78, 5) is 10.5. The Morgan fingerprint density at radius 2 is 2.38 bits per heavy atom. The van der Waals surface area contributed by atoms with Crippen LogP contribution in [0.15, 0.2) is 0 Å². The summed E-state index contributed by atoms with van der Waals surface area (Å²) in [5.74, 6) is -0.0822. The molecule has 1 saturated heterocycles. The average Bonchev–Trinajstić information content (AvgIpc) is 2.48. The van der Waals surface area contributed by atoms with Gasteiger partial charge < -0.3 is 10.1 Å². The summed E-state index contributed by atoms with van der Waals surface area (Å²) in [5.41, 5.74) is 0. The van der Waals surface area contributed by atoms with E-state index >= 15 is 0 Å². The maximum Gasteiger partial charge on any atom is 0.407 e. The van der Waals surface area contributed by atoms with Crippen molar-refractivity contribution in [1.29, 1.82) is 0 Å². The molecule has 0 saturated carbocycles. The molecule has 1 amide bonds. The number of nitrogens with one attached hydrogen (secondary N) is 1. The Hall–Kier alpha value is -0.820. The van der Waals surface area contributed by atoms with E-state index in [0.717, 1.165) is 0 Å². The number of cyclic esters (lactones) is 1. The summed E-state index contributed by atoms with van der Waals surface area (Å²) in [6.07, 6.45) is -1.05. The summed E-state index contributed by atoms with van der Waals surface area (Å²) in [7, 11) is -3.44. The molecule has 13 heavy (non-hydrogen) atoms. The van der Waals surface area contributed by atoms with Crippen LogP contribution in [0.5, 0.6) is 0 Å². The van der Waals surface area contributed by atoms with Gasteiger partial charge in [0.1, 0.15) is 12.7 Å². The van der Waals surface area contributed by atoms with Gasteiger partial charge in [0, 0.05) is 0 Å². The van der Waals surface area contributed by atoms with E-state index < -0.39 is 22.3 Å². The summed E-state index contributed by atoms with van der Waals surface area (Å²) < 4.78 is 30.9. The standard InChI is InChI=1S/C6H11NO5S/c1-2-13(9,10)11-4-5-3-7-6(8)12-5/h5H,2-4H2,1H3,(H,7,8). The molecule has 1 fully saturated rings. The van der Waals surface area contributed by atoms with E-state index in [-0.39, 0.29) is 18.9 Å². The van der Waals surface area contributed by atoms with Crippen molar-refractivity contribution in [3.63, 3.8) is 0 Å². The van der Waals surface area contributed by atoms with Gasteiger partial charge in [-0.25, -0.2) is 4.79 Å². The Labute approximate surface area is 76.3 Å². The molecule has 1 N–H and O–H groups in total. The molecule has 0 bridgehead atoms. The molecule has 1 heterocycles. The molecule has 6 nitrogen and oxygen atoms in total. The van der Waals surface area contributed by atoms with Gasteiger partial charge in [0.2, 0.25) is 0 Å². The van der Waals surface area contributed by atoms with E-state index in [9.17, 15) is 13.2 Å². The van der Waals surface area contributed by atoms with Gasteiger partial charge in [0.15, 0.2) is 0 Å². The fraction of sp³-hybridized carbons (Fsp3) is 0.833. The molecule has 1 rings (SSSR count). The van der Waals surface area contributed by atoms with E-state index in [0.29, 0.717) is 0 Å². The van der Waals surface area contributed by atoms with Crippen LogP contribution in [-0.4, -0.2) is 39.5 Å². The predicted molar refractivity (Wildman–Crippen MR) is 43.7 cm³/mol. The third-order valence-corrected chi connectivity index (χ3v) is 2.74. The lowest BCUT2D eigenvalue weighted by Gasteiger charge is -2.07. The first kappa shape index (κ1) is 10.3. The second-order valence-electron chi connectivity index (χ2n) is 2.54. The van der Waals surface area contributed by atoms with E-state index in [4.69, 9.17) is 0 Å². The van der Waals surface area contributed by atoms with E-state index in [1.165, 1.54) is 6.92 Å². The van der Waals surface area contributed by atoms with Crippen LogP contribution in [0.3, 0.4) is 0 Å². The lowest BCUT2D eigenvalue weighted by molar-refractivity contribution is 0.107. The van der Waals surface area contributed by atoms with Gasteiger partial charge in [-0.1, -0.05) is 0 Å². The molecule has 76 valence electrons. The smallest absolute Gasteiger partial charge is 0.407 e. The second-order valence-corrected chi connectivity index (χ2v) is 4.47. The van der Waals surface area contributed by atoms with Crippen molar-refractivity contribution in [2.75, 3.05) is 18.9 Å². The Morgan fingerprint density at radius 1 is 1.69 bits per heavy atom. The number of hydrogen-bond donors (Lipinski definition) is 1. The Balaban J connectivity index is 2.31. The largest absolute Gasteiger partial charge is 0.442 e. The number of rotatable bonds is 4. The van der Waals surface area contributed by atoms with Crippen molar-refractivity contribution < 1.29 is 22.1 Å². The summed E-state index contributed by atoms with van der Waals surface area (Å²) in [5, 5.41) is 2.39. The number of carbonyl (C=O) groups excluding carboxylic acids is 1. The summed E-state index contributed by atoms with van der Waals surface area (Å²) in [6.45, 7) is 1.65. The molecule has 0 aromatic carbocycles. The highest BCUT2D eigenvalue weighted by Crippen LogP contribution is 2.03. The molecule has 0 aromatic heterocycles. The van der Waals surface area contributed by atoms with Crippen molar-refractivity contribution in [3.05, 3.63) is 0 Å². The Kier molecular flexibility index (Phi) is 3.10. The van der Waals surface area contributed by atoms with Crippen molar-refractivity contribution in [3.8, 4) is 0 Å². The number of carbonyl (C=O) groups is 1. The normalized spacial score (nSPS) is 22.5. The molecule has 1 unspecified atom stereocenters. The first-order chi connectivity index (χ1) is 6.03. The van der Waals surface area contributed by atoms with Crippen LogP contribution < -0.4 is 5.32 Å². The summed E-state index contributed by atoms with van der Waals surface area (Å²) in [6, 6.07) is 0. The van der Waals surface area contributed by atoms with Gasteiger partial charge in [-0.3, -0.25) is 4.18 Å². The molecule has 1 aliphatic rings. The quantitative estimate of drug-likeness (QED) is 0.629. The first-order valence-corrected chi connectivity index (χ1v) is 5.43. The first-order valence-electron chi connectivity index (χ1n) is 3.85. The molecule has 7 heteroatoms. The number of hydrogen-bond acceptors (Lipinski definition) is 5. The fourth-order valence-electron chi connectivity index (χ4n) is 0.788. The van der Waals surface area contributed by atoms with Crippen LogP contribution in [-0.2, 0) is 19.0 Å². The van der Waals surface area contributed by atoms with Crippen LogP contribution in [0.1, 0.15) is 6.92 Å². The fourth-order valence-corrected chi connectivity index (χ4v) is 1.31. The average molecular weight is 209 g/mol. The van der Waals surface area contributed by atoms with E-state index in [1.807, 2.05) is 0 Å². The highest BCUT2D eigenvalue weighted by Gasteiger charge is 2.24. The lowest BCUT2D eigenvalue weighted by Crippen LogP contribution is -2.23. The molecule has 0 aliphatic carbocycles. The van der Waals surface area contributed by atoms with Crippen LogP contribution in [0.4, 0.5) is 4.79 Å². The zero-order valence-corrected chi connectivity index (χ0v) is 7.96. The zero-order chi connectivity index (χ0) is 9.90. The van der Waals surface area contributed by atoms with Gasteiger partial charge >= 0.3 is 6.09 Å². The molecule has 1 aliphatic heterocycles. The maximum absolute atomic E-state index is 10.9. The Morgan fingerprint density at radius 3 is 2.85 bits per heavy atom. The predicted octanol–water partition coefficient (Wildman–Crippen LogP) is -0.539. The SMILES string of the molecule is CCS(=O)(=O)OCC1CNC(=O)O1. The molecule has 0 radical (unpaired) electrons. The molecule has 0 aromatic rings. The maximum atomic E-state index is 10.9. The van der Waals surface area contributed by atoms with Crippen molar-refractivity contribution in [2.45, 2.75) is 13.0 Å². The Bertz CT molecular complexity index is 285. The van der Waals surface area contributed by atoms with Crippen LogP contribution in [0.25, 0.3) is 0 Å². The highest BCUT2D eigenvalue weighted by atomic mass is 32.2. The number of amides is 1. The van der Waals surface area contributed by atoms with E-state index in [1.54, 1.807) is 0 Å². The number of ether oxygens (including phenoxy) is 1. The van der Waals surface area contributed by atoms with Gasteiger partial charge in [-0.15, -0.1) is 0 Å². The molecular formula is C6H11NO5S. The van der Waals surface area contributed by atoms with Crippen molar-refractivity contribution in [1.82, 2.24) is 5.32 Å². The topological polar surface area (TPSA) is 81.7 Å². The lowest BCUT2D eigenvalue weighted by atomic mass is 10.4. The molecular weight excluding hydrogens is 198 g/mol. The minimum atomic E-state index is -3.44. The summed E-state index contributed by atoms with van der Waals surface area (Å²) >= 11 is 0. The van der Waals surface area contributed by atoms with Gasteiger partial charge in [-0.2, -0.15) is 8.42 Å². The molecule has 1 atom stereocenters. The highest BCUT2D eigenvalue weighted by molar-refractivity contribution is 7.86. The van der Waals surface area contributed by atoms with E-state index in [2.05, 4.69) is 14.2 Å². The van der Waals surface area contributed by atoms with Crippen molar-refractivity contribution >= 4 is 16.2 Å². The molecule has 0 spiro atoms. The van der Waals surface area contributed by atoms with Gasteiger partial charge in [0.05, 0.1) is 12.3 Å². The van der Waals surface area contributed by atoms with Crippen LogP contribution in [0, 0.1) is 0 Å². The third-order valence-electron chi connectivity index (χ3n) is 1.53. The minimum Gasteiger partial charge on any atom is -0.442 e. The van der Waals surface area contributed by atoms with Gasteiger partial charge in [-0.05, 0) is 6.92 Å². The van der Waals surface area contributed by atoms with Crippen LogP contribution >= 0.6 is 0 Å². The monoisotopic (exact) mass is 209 g/mol. The van der Waals surface area contributed by atoms with Crippen LogP contribution in [0.2, 0.25) is 0 Å². The van der Waals surface area contributed by atoms with Gasteiger partial charge in [0.25, 0.3) is 10.1 Å². The van der Waals surface area contributed by atoms with Crippen molar-refractivity contribution in [2.24, 2.45) is 0 Å². The zero-order valence-electron chi connectivity index (χ0n) is 7.15. The minimum absolute atomic E-state index is 0.0822.